The number of ether oxygens (including phenoxy) is 1. The molecule has 4 heteroatoms. The number of aryl methyl sites for hydroxylation is 1. The zero-order valence-electron chi connectivity index (χ0n) is 11.3. The number of hydrogen-bond donors (Lipinski definition) is 2. The SMILES string of the molecule is CCNC(CCOc1cccc(C)c1C)C(N)=O. The van der Waals surface area contributed by atoms with Gasteiger partial charge < -0.3 is 15.8 Å². The summed E-state index contributed by atoms with van der Waals surface area (Å²) in [4.78, 5) is 11.2. The van der Waals surface area contributed by atoms with Crippen molar-refractivity contribution < 1.29 is 9.53 Å². The Balaban J connectivity index is 2.50. The van der Waals surface area contributed by atoms with Crippen molar-refractivity contribution in [1.82, 2.24) is 5.32 Å². The van der Waals surface area contributed by atoms with E-state index in [1.165, 1.54) is 5.56 Å². The minimum Gasteiger partial charge on any atom is -0.493 e. The quantitative estimate of drug-likeness (QED) is 0.771. The van der Waals surface area contributed by atoms with Crippen LogP contribution in [-0.2, 0) is 4.79 Å². The summed E-state index contributed by atoms with van der Waals surface area (Å²) < 4.78 is 5.70. The molecule has 100 valence electrons. The number of amides is 1. The summed E-state index contributed by atoms with van der Waals surface area (Å²) in [6.45, 7) is 7.22. The number of likely N-dealkylation sites (N-methyl/N-ethyl adjacent to an activating group) is 1. The molecule has 0 aromatic heterocycles. The maximum atomic E-state index is 11.2. The molecule has 4 nitrogen and oxygen atoms in total. The van der Waals surface area contributed by atoms with E-state index in [2.05, 4.69) is 5.32 Å². The fraction of sp³-hybridized carbons (Fsp3) is 0.500. The smallest absolute Gasteiger partial charge is 0.234 e. The van der Waals surface area contributed by atoms with Crippen molar-refractivity contribution in [2.24, 2.45) is 5.73 Å². The number of benzene rings is 1. The molecule has 0 saturated carbocycles. The lowest BCUT2D eigenvalue weighted by Crippen LogP contribution is -2.42. The van der Waals surface area contributed by atoms with Gasteiger partial charge >= 0.3 is 0 Å². The molecule has 0 heterocycles. The Bertz CT molecular complexity index is 405. The maximum absolute atomic E-state index is 11.2. The van der Waals surface area contributed by atoms with E-state index in [1.807, 2.05) is 39.0 Å². The van der Waals surface area contributed by atoms with E-state index < -0.39 is 0 Å². The summed E-state index contributed by atoms with van der Waals surface area (Å²) in [6.07, 6.45) is 0.580. The van der Waals surface area contributed by atoms with Crippen LogP contribution in [0.1, 0.15) is 24.5 Å². The van der Waals surface area contributed by atoms with Crippen molar-refractivity contribution >= 4 is 5.91 Å². The van der Waals surface area contributed by atoms with Gasteiger partial charge in [-0.05, 0) is 37.6 Å². The lowest BCUT2D eigenvalue weighted by molar-refractivity contribution is -0.120. The van der Waals surface area contributed by atoms with Gasteiger partial charge in [-0.25, -0.2) is 0 Å². The van der Waals surface area contributed by atoms with Crippen molar-refractivity contribution in [3.63, 3.8) is 0 Å². The highest BCUT2D eigenvalue weighted by molar-refractivity contribution is 5.79. The number of hydrogen-bond acceptors (Lipinski definition) is 3. The van der Waals surface area contributed by atoms with Crippen LogP contribution in [0.2, 0.25) is 0 Å². The first-order chi connectivity index (χ1) is 8.56. The number of primary amides is 1. The molecule has 0 aliphatic rings. The molecule has 0 spiro atoms. The van der Waals surface area contributed by atoms with E-state index in [9.17, 15) is 4.79 Å². The minimum absolute atomic E-state index is 0.319. The van der Waals surface area contributed by atoms with E-state index in [0.717, 1.165) is 17.9 Å². The van der Waals surface area contributed by atoms with E-state index in [1.54, 1.807) is 0 Å². The zero-order valence-corrected chi connectivity index (χ0v) is 11.3. The van der Waals surface area contributed by atoms with E-state index in [0.29, 0.717) is 13.0 Å². The highest BCUT2D eigenvalue weighted by Crippen LogP contribution is 2.20. The van der Waals surface area contributed by atoms with Gasteiger partial charge in [0.1, 0.15) is 5.75 Å². The van der Waals surface area contributed by atoms with Crippen LogP contribution in [0.25, 0.3) is 0 Å². The summed E-state index contributed by atoms with van der Waals surface area (Å²) in [6, 6.07) is 5.63. The Hall–Kier alpha value is -1.55. The number of nitrogens with one attached hydrogen (secondary N) is 1. The van der Waals surface area contributed by atoms with Crippen LogP contribution in [0.15, 0.2) is 18.2 Å². The molecule has 0 fully saturated rings. The summed E-state index contributed by atoms with van der Waals surface area (Å²) >= 11 is 0. The minimum atomic E-state index is -0.332. The average Bonchev–Trinajstić information content (AvgIpc) is 2.33. The topological polar surface area (TPSA) is 64.3 Å². The third-order valence-corrected chi connectivity index (χ3v) is 3.01. The van der Waals surface area contributed by atoms with Crippen molar-refractivity contribution in [2.45, 2.75) is 33.2 Å². The second kappa shape index (κ2) is 7.01. The van der Waals surface area contributed by atoms with Crippen LogP contribution in [0.4, 0.5) is 0 Å². The summed E-state index contributed by atoms with van der Waals surface area (Å²) in [7, 11) is 0. The molecule has 0 bridgehead atoms. The van der Waals surface area contributed by atoms with Gasteiger partial charge in [-0.1, -0.05) is 19.1 Å². The standard InChI is InChI=1S/C14H22N2O2/c1-4-16-12(14(15)17)8-9-18-13-7-5-6-10(2)11(13)3/h5-7,12,16H,4,8-9H2,1-3H3,(H2,15,17). The monoisotopic (exact) mass is 250 g/mol. The lowest BCUT2D eigenvalue weighted by atomic mass is 10.1. The van der Waals surface area contributed by atoms with Gasteiger partial charge in [0.05, 0.1) is 12.6 Å². The lowest BCUT2D eigenvalue weighted by Gasteiger charge is -2.15. The van der Waals surface area contributed by atoms with Gasteiger partial charge in [0.15, 0.2) is 0 Å². The molecule has 0 aliphatic heterocycles. The Morgan fingerprint density at radius 3 is 2.78 bits per heavy atom. The summed E-state index contributed by atoms with van der Waals surface area (Å²) in [5.41, 5.74) is 7.63. The first kappa shape index (κ1) is 14.5. The molecule has 0 aliphatic carbocycles. The van der Waals surface area contributed by atoms with Gasteiger partial charge in [0.2, 0.25) is 5.91 Å². The van der Waals surface area contributed by atoms with Gasteiger partial charge in [-0.3, -0.25) is 4.79 Å². The normalized spacial score (nSPS) is 12.2. The third-order valence-electron chi connectivity index (χ3n) is 3.01. The predicted octanol–water partition coefficient (Wildman–Crippen LogP) is 1.54. The number of nitrogens with two attached hydrogens (primary N) is 1. The molecule has 0 radical (unpaired) electrons. The molecule has 1 aromatic rings. The first-order valence-corrected chi connectivity index (χ1v) is 6.28. The van der Waals surface area contributed by atoms with Crippen LogP contribution in [-0.4, -0.2) is 25.1 Å². The van der Waals surface area contributed by atoms with Crippen LogP contribution in [0.3, 0.4) is 0 Å². The van der Waals surface area contributed by atoms with Gasteiger partial charge in [-0.2, -0.15) is 0 Å². The number of carbonyl (C=O) groups excluding carboxylic acids is 1. The molecule has 1 rings (SSSR count). The van der Waals surface area contributed by atoms with Crippen molar-refractivity contribution in [3.05, 3.63) is 29.3 Å². The van der Waals surface area contributed by atoms with Gasteiger partial charge in [-0.15, -0.1) is 0 Å². The predicted molar refractivity (Wildman–Crippen MR) is 72.7 cm³/mol. The molecule has 0 saturated heterocycles. The fourth-order valence-electron chi connectivity index (χ4n) is 1.76. The van der Waals surface area contributed by atoms with E-state index in [4.69, 9.17) is 10.5 Å². The second-order valence-corrected chi connectivity index (χ2v) is 4.35. The fourth-order valence-corrected chi connectivity index (χ4v) is 1.76. The van der Waals surface area contributed by atoms with Crippen molar-refractivity contribution in [2.75, 3.05) is 13.2 Å². The van der Waals surface area contributed by atoms with Crippen molar-refractivity contribution in [1.29, 1.82) is 0 Å². The van der Waals surface area contributed by atoms with E-state index >= 15 is 0 Å². The van der Waals surface area contributed by atoms with Gasteiger partial charge in [0, 0.05) is 6.42 Å². The molecule has 18 heavy (non-hydrogen) atoms. The zero-order chi connectivity index (χ0) is 13.5. The van der Waals surface area contributed by atoms with Crippen LogP contribution in [0.5, 0.6) is 5.75 Å². The Labute approximate surface area is 109 Å². The number of rotatable bonds is 7. The number of carbonyl (C=O) groups is 1. The highest BCUT2D eigenvalue weighted by atomic mass is 16.5. The molecule has 1 atom stereocenters. The Morgan fingerprint density at radius 2 is 2.17 bits per heavy atom. The Morgan fingerprint density at radius 1 is 1.44 bits per heavy atom. The molecular weight excluding hydrogens is 228 g/mol. The second-order valence-electron chi connectivity index (χ2n) is 4.35. The van der Waals surface area contributed by atoms with Crippen molar-refractivity contribution in [3.8, 4) is 5.75 Å². The maximum Gasteiger partial charge on any atom is 0.234 e. The average molecular weight is 250 g/mol. The summed E-state index contributed by atoms with van der Waals surface area (Å²) in [5.74, 6) is 0.538. The third kappa shape index (κ3) is 4.04. The van der Waals surface area contributed by atoms with Gasteiger partial charge in [0.25, 0.3) is 0 Å². The van der Waals surface area contributed by atoms with E-state index in [-0.39, 0.29) is 11.9 Å². The first-order valence-electron chi connectivity index (χ1n) is 6.28. The van der Waals surface area contributed by atoms with Crippen LogP contribution < -0.4 is 15.8 Å². The van der Waals surface area contributed by atoms with Crippen LogP contribution >= 0.6 is 0 Å². The highest BCUT2D eigenvalue weighted by Gasteiger charge is 2.13. The Kier molecular flexibility index (Phi) is 5.65. The molecular formula is C14H22N2O2. The molecule has 1 aromatic carbocycles. The largest absolute Gasteiger partial charge is 0.493 e. The summed E-state index contributed by atoms with van der Waals surface area (Å²) in [5, 5.41) is 3.04. The van der Waals surface area contributed by atoms with Crippen LogP contribution in [0, 0.1) is 13.8 Å². The molecule has 1 unspecified atom stereocenters. The molecule has 3 N–H and O–H groups in total. The molecule has 1 amide bonds.